The molecular formula is C21H20BrN3O3. The third-order valence-electron chi connectivity index (χ3n) is 5.95. The van der Waals surface area contributed by atoms with Gasteiger partial charge in [0.05, 0.1) is 24.8 Å². The number of fused-ring (bicyclic) bond motifs is 3. The van der Waals surface area contributed by atoms with Gasteiger partial charge in [-0.25, -0.2) is 14.9 Å². The van der Waals surface area contributed by atoms with Crippen LogP contribution in [0.2, 0.25) is 0 Å². The maximum Gasteiger partial charge on any atom is 0.253 e. The van der Waals surface area contributed by atoms with Crippen molar-refractivity contribution >= 4 is 33.4 Å². The highest BCUT2D eigenvalue weighted by molar-refractivity contribution is 9.10. The second kappa shape index (κ2) is 6.69. The summed E-state index contributed by atoms with van der Waals surface area (Å²) in [6.07, 6.45) is 1.00. The fraction of sp³-hybridized carbons (Fsp3) is 0.333. The molecule has 144 valence electrons. The van der Waals surface area contributed by atoms with Crippen molar-refractivity contribution in [1.82, 2.24) is 10.0 Å². The number of carbonyl (C=O) groups excluding carboxylic acids is 2. The van der Waals surface area contributed by atoms with E-state index < -0.39 is 12.0 Å². The molecule has 3 aliphatic rings. The lowest BCUT2D eigenvalue weighted by Crippen LogP contribution is -2.44. The van der Waals surface area contributed by atoms with Gasteiger partial charge >= 0.3 is 0 Å². The van der Waals surface area contributed by atoms with Crippen molar-refractivity contribution in [3.63, 3.8) is 0 Å². The van der Waals surface area contributed by atoms with Gasteiger partial charge in [0.25, 0.3) is 5.91 Å². The Bertz CT molecular complexity index is 931. The lowest BCUT2D eigenvalue weighted by molar-refractivity contribution is -0.126. The smallest absolute Gasteiger partial charge is 0.253 e. The molecule has 0 N–H and O–H groups in total. The maximum atomic E-state index is 13.4. The molecule has 0 radical (unpaired) electrons. The summed E-state index contributed by atoms with van der Waals surface area (Å²) in [6, 6.07) is 14.6. The normalized spacial score (nSPS) is 27.4. The summed E-state index contributed by atoms with van der Waals surface area (Å²) in [6.45, 7) is 1.68. The number of imide groups is 1. The second-order valence-corrected chi connectivity index (χ2v) is 8.27. The van der Waals surface area contributed by atoms with E-state index in [1.807, 2.05) is 24.3 Å². The van der Waals surface area contributed by atoms with Crippen LogP contribution in [0.3, 0.4) is 0 Å². The van der Waals surface area contributed by atoms with Crippen LogP contribution in [-0.4, -0.2) is 48.1 Å². The molecule has 0 bridgehead atoms. The number of methoxy groups -OCH3 is 1. The Balaban J connectivity index is 1.55. The zero-order valence-electron chi connectivity index (χ0n) is 15.4. The van der Waals surface area contributed by atoms with Gasteiger partial charge in [-0.15, -0.1) is 0 Å². The Morgan fingerprint density at radius 2 is 1.54 bits per heavy atom. The number of halogens is 1. The molecule has 3 saturated heterocycles. The molecule has 0 aromatic heterocycles. The number of amides is 2. The molecule has 28 heavy (non-hydrogen) atoms. The van der Waals surface area contributed by atoms with E-state index in [-0.39, 0.29) is 17.9 Å². The molecule has 5 rings (SSSR count). The van der Waals surface area contributed by atoms with E-state index in [9.17, 15) is 9.59 Å². The first-order chi connectivity index (χ1) is 13.6. The molecule has 2 aromatic carbocycles. The van der Waals surface area contributed by atoms with Gasteiger partial charge in [-0.1, -0.05) is 28.1 Å². The fourth-order valence-electron chi connectivity index (χ4n) is 4.76. The number of nitrogens with zero attached hydrogens (tertiary/aromatic N) is 3. The summed E-state index contributed by atoms with van der Waals surface area (Å²) in [5.74, 6) is 0.0479. The van der Waals surface area contributed by atoms with Crippen molar-refractivity contribution < 1.29 is 14.3 Å². The van der Waals surface area contributed by atoms with Crippen molar-refractivity contribution in [2.24, 2.45) is 5.92 Å². The SMILES string of the molecule is COc1ccc(N2C(=O)[C@H]3[C@@H](C2=O)N2CCCN2[C@H]3c2ccc(Br)cc2)cc1. The van der Waals surface area contributed by atoms with Crippen LogP contribution in [0, 0.1) is 5.92 Å². The molecule has 3 fully saturated rings. The third kappa shape index (κ3) is 2.53. The topological polar surface area (TPSA) is 53.1 Å². The van der Waals surface area contributed by atoms with Gasteiger partial charge in [-0.3, -0.25) is 9.59 Å². The van der Waals surface area contributed by atoms with Crippen LogP contribution in [0.4, 0.5) is 5.69 Å². The van der Waals surface area contributed by atoms with E-state index >= 15 is 0 Å². The molecule has 7 heteroatoms. The van der Waals surface area contributed by atoms with E-state index in [4.69, 9.17) is 4.74 Å². The first kappa shape index (κ1) is 17.8. The monoisotopic (exact) mass is 441 g/mol. The van der Waals surface area contributed by atoms with Gasteiger partial charge in [-0.2, -0.15) is 0 Å². The molecule has 2 amide bonds. The van der Waals surface area contributed by atoms with Gasteiger partial charge in [-0.05, 0) is 48.4 Å². The largest absolute Gasteiger partial charge is 0.497 e. The lowest BCUT2D eigenvalue weighted by Gasteiger charge is -2.29. The minimum Gasteiger partial charge on any atom is -0.497 e. The summed E-state index contributed by atoms with van der Waals surface area (Å²) >= 11 is 3.48. The summed E-state index contributed by atoms with van der Waals surface area (Å²) in [5.41, 5.74) is 1.67. The number of carbonyl (C=O) groups is 2. The first-order valence-corrected chi connectivity index (χ1v) is 10.2. The molecule has 0 unspecified atom stereocenters. The highest BCUT2D eigenvalue weighted by atomic mass is 79.9. The average molecular weight is 442 g/mol. The standard InChI is InChI=1S/C21H20BrN3O3/c1-28-16-9-7-15(8-10-16)25-20(26)17-18(13-3-5-14(22)6-4-13)23-11-2-12-24(23)19(17)21(25)27/h3-10,17-19H,2,11-12H2,1H3/t17-,18+,19+/m1/s1. The van der Waals surface area contributed by atoms with Crippen LogP contribution >= 0.6 is 15.9 Å². The number of rotatable bonds is 3. The van der Waals surface area contributed by atoms with Crippen LogP contribution in [0.15, 0.2) is 53.0 Å². The maximum absolute atomic E-state index is 13.4. The Kier molecular flexibility index (Phi) is 4.26. The Morgan fingerprint density at radius 1 is 0.893 bits per heavy atom. The van der Waals surface area contributed by atoms with E-state index in [1.165, 1.54) is 4.90 Å². The minimum atomic E-state index is -0.425. The highest BCUT2D eigenvalue weighted by Crippen LogP contribution is 2.49. The van der Waals surface area contributed by atoms with Gasteiger partial charge in [0.15, 0.2) is 0 Å². The average Bonchev–Trinajstić information content (AvgIpc) is 3.35. The number of hydrogen-bond acceptors (Lipinski definition) is 5. The summed E-state index contributed by atoms with van der Waals surface area (Å²) in [7, 11) is 1.59. The molecule has 0 spiro atoms. The van der Waals surface area contributed by atoms with E-state index in [2.05, 4.69) is 25.9 Å². The Morgan fingerprint density at radius 3 is 2.18 bits per heavy atom. The van der Waals surface area contributed by atoms with Gasteiger partial charge in [0.2, 0.25) is 5.91 Å². The summed E-state index contributed by atoms with van der Waals surface area (Å²) in [4.78, 5) is 28.1. The van der Waals surface area contributed by atoms with Crippen LogP contribution in [0.1, 0.15) is 18.0 Å². The van der Waals surface area contributed by atoms with Crippen molar-refractivity contribution in [3.05, 3.63) is 58.6 Å². The van der Waals surface area contributed by atoms with Crippen molar-refractivity contribution in [2.75, 3.05) is 25.1 Å². The fourth-order valence-corrected chi connectivity index (χ4v) is 5.02. The van der Waals surface area contributed by atoms with E-state index in [0.717, 1.165) is 29.5 Å². The highest BCUT2D eigenvalue weighted by Gasteiger charge is 2.62. The zero-order chi connectivity index (χ0) is 19.4. The number of hydrogen-bond donors (Lipinski definition) is 0. The number of ether oxygens (including phenoxy) is 1. The Labute approximate surface area is 171 Å². The second-order valence-electron chi connectivity index (χ2n) is 7.36. The first-order valence-electron chi connectivity index (χ1n) is 9.40. The van der Waals surface area contributed by atoms with Crippen LogP contribution in [0.25, 0.3) is 0 Å². The van der Waals surface area contributed by atoms with Crippen molar-refractivity contribution in [3.8, 4) is 5.75 Å². The number of anilines is 1. The van der Waals surface area contributed by atoms with Gasteiger partial charge in [0, 0.05) is 17.6 Å². The predicted molar refractivity (Wildman–Crippen MR) is 108 cm³/mol. The number of hydrazine groups is 1. The molecule has 6 nitrogen and oxygen atoms in total. The molecule has 3 atom stereocenters. The predicted octanol–water partition coefficient (Wildman–Crippen LogP) is 2.99. The van der Waals surface area contributed by atoms with E-state index in [1.54, 1.807) is 31.4 Å². The van der Waals surface area contributed by atoms with Crippen molar-refractivity contribution in [1.29, 1.82) is 0 Å². The van der Waals surface area contributed by atoms with Crippen LogP contribution in [0.5, 0.6) is 5.75 Å². The van der Waals surface area contributed by atoms with Crippen molar-refractivity contribution in [2.45, 2.75) is 18.5 Å². The summed E-state index contributed by atoms with van der Waals surface area (Å²) < 4.78 is 6.19. The molecule has 3 heterocycles. The minimum absolute atomic E-state index is 0.111. The lowest BCUT2D eigenvalue weighted by atomic mass is 9.90. The van der Waals surface area contributed by atoms with Gasteiger partial charge < -0.3 is 4.74 Å². The molecule has 0 aliphatic carbocycles. The Hall–Kier alpha value is -2.22. The van der Waals surface area contributed by atoms with Crippen LogP contribution in [-0.2, 0) is 9.59 Å². The summed E-state index contributed by atoms with van der Waals surface area (Å²) in [5, 5.41) is 4.33. The molecule has 0 saturated carbocycles. The van der Waals surface area contributed by atoms with Gasteiger partial charge in [0.1, 0.15) is 11.8 Å². The molecular weight excluding hydrogens is 422 g/mol. The van der Waals surface area contributed by atoms with Crippen LogP contribution < -0.4 is 9.64 Å². The molecule has 2 aromatic rings. The third-order valence-corrected chi connectivity index (χ3v) is 6.48. The zero-order valence-corrected chi connectivity index (χ0v) is 17.0. The quantitative estimate of drug-likeness (QED) is 0.685. The van der Waals surface area contributed by atoms with E-state index in [0.29, 0.717) is 11.4 Å². The molecule has 3 aliphatic heterocycles. The number of benzene rings is 2.